The third-order valence-corrected chi connectivity index (χ3v) is 5.12. The van der Waals surface area contributed by atoms with Crippen molar-refractivity contribution in [3.63, 3.8) is 0 Å². The van der Waals surface area contributed by atoms with Crippen LogP contribution in [0.3, 0.4) is 0 Å². The molecule has 1 aliphatic carbocycles. The molecule has 2 aliphatic heterocycles. The van der Waals surface area contributed by atoms with Gasteiger partial charge in [-0.3, -0.25) is 9.69 Å². The Morgan fingerprint density at radius 1 is 1.15 bits per heavy atom. The van der Waals surface area contributed by atoms with Gasteiger partial charge in [0.05, 0.1) is 18.2 Å². The molecule has 26 heavy (non-hydrogen) atoms. The lowest BCUT2D eigenvalue weighted by Gasteiger charge is -2.29. The van der Waals surface area contributed by atoms with E-state index in [0.717, 1.165) is 29.2 Å². The summed E-state index contributed by atoms with van der Waals surface area (Å²) in [5.74, 6) is 2.52. The van der Waals surface area contributed by atoms with Crippen LogP contribution in [-0.4, -0.2) is 30.6 Å². The number of benzene rings is 2. The highest BCUT2D eigenvalue weighted by Gasteiger charge is 2.37. The summed E-state index contributed by atoms with van der Waals surface area (Å²) < 4.78 is 17.0. The molecule has 0 N–H and O–H groups in total. The lowest BCUT2D eigenvalue weighted by atomic mass is 10.0. The van der Waals surface area contributed by atoms with Crippen LogP contribution >= 0.6 is 0 Å². The first-order valence-electron chi connectivity index (χ1n) is 8.84. The molecule has 1 fully saturated rings. The van der Waals surface area contributed by atoms with E-state index < -0.39 is 0 Å². The number of allylic oxidation sites excluding steroid dienone is 1. The quantitative estimate of drug-likeness (QED) is 0.792. The highest BCUT2D eigenvalue weighted by molar-refractivity contribution is 6.15. The number of ketones is 1. The van der Waals surface area contributed by atoms with Gasteiger partial charge in [-0.1, -0.05) is 12.1 Å². The number of nitrogens with zero attached hydrogens (tertiary/aromatic N) is 1. The molecule has 0 amide bonds. The molecule has 2 aromatic carbocycles. The standard InChI is InChI=1S/C21H19NO4/c1-24-15-6-2-13(3-7-15)10-19-20(23)16-8-9-18-17(21(16)26-19)11-22(12-25-18)14-4-5-14/h2-3,6-10,14H,4-5,11-12H2,1H3/b19-10-. The summed E-state index contributed by atoms with van der Waals surface area (Å²) in [6, 6.07) is 11.8. The van der Waals surface area contributed by atoms with Crippen LogP contribution in [0, 0.1) is 0 Å². The van der Waals surface area contributed by atoms with Gasteiger partial charge in [-0.25, -0.2) is 0 Å². The minimum Gasteiger partial charge on any atom is -0.497 e. The van der Waals surface area contributed by atoms with Crippen LogP contribution in [0.1, 0.15) is 34.3 Å². The van der Waals surface area contributed by atoms with Crippen molar-refractivity contribution in [2.75, 3.05) is 13.8 Å². The number of hydrogen-bond donors (Lipinski definition) is 0. The molecule has 3 aliphatic rings. The van der Waals surface area contributed by atoms with Gasteiger partial charge in [0.15, 0.2) is 5.76 Å². The smallest absolute Gasteiger partial charge is 0.231 e. The van der Waals surface area contributed by atoms with Crippen LogP contribution in [0.5, 0.6) is 17.2 Å². The van der Waals surface area contributed by atoms with E-state index >= 15 is 0 Å². The molecule has 0 unspecified atom stereocenters. The summed E-state index contributed by atoms with van der Waals surface area (Å²) in [5.41, 5.74) is 2.49. The summed E-state index contributed by atoms with van der Waals surface area (Å²) in [5, 5.41) is 0. The third kappa shape index (κ3) is 2.56. The number of methoxy groups -OCH3 is 1. The first-order chi connectivity index (χ1) is 12.7. The van der Waals surface area contributed by atoms with Crippen molar-refractivity contribution in [1.29, 1.82) is 0 Å². The summed E-state index contributed by atoms with van der Waals surface area (Å²) in [6.45, 7) is 1.38. The topological polar surface area (TPSA) is 48.0 Å². The van der Waals surface area contributed by atoms with Crippen molar-refractivity contribution in [2.45, 2.75) is 25.4 Å². The lowest BCUT2D eigenvalue weighted by Crippen LogP contribution is -2.33. The van der Waals surface area contributed by atoms with E-state index in [4.69, 9.17) is 14.2 Å². The molecule has 5 heteroatoms. The van der Waals surface area contributed by atoms with Gasteiger partial charge in [0, 0.05) is 12.6 Å². The van der Waals surface area contributed by atoms with Crippen LogP contribution in [0.4, 0.5) is 0 Å². The maximum Gasteiger partial charge on any atom is 0.231 e. The number of Topliss-reactive ketones (excluding diaryl/α,β-unsaturated/α-hetero) is 1. The van der Waals surface area contributed by atoms with Crippen LogP contribution in [0.25, 0.3) is 6.08 Å². The molecule has 2 aromatic rings. The van der Waals surface area contributed by atoms with E-state index in [2.05, 4.69) is 4.90 Å². The zero-order valence-electron chi connectivity index (χ0n) is 14.5. The van der Waals surface area contributed by atoms with Gasteiger partial charge < -0.3 is 14.2 Å². The highest BCUT2D eigenvalue weighted by Crippen LogP contribution is 2.43. The monoisotopic (exact) mass is 349 g/mol. The summed E-state index contributed by atoms with van der Waals surface area (Å²) in [6.07, 6.45) is 4.21. The van der Waals surface area contributed by atoms with E-state index in [9.17, 15) is 4.79 Å². The predicted molar refractivity (Wildman–Crippen MR) is 96.4 cm³/mol. The van der Waals surface area contributed by atoms with Crippen molar-refractivity contribution in [3.05, 3.63) is 58.8 Å². The fraction of sp³-hybridized carbons (Fsp3) is 0.286. The number of ether oxygens (including phenoxy) is 3. The minimum absolute atomic E-state index is 0.0813. The zero-order chi connectivity index (χ0) is 17.7. The van der Waals surface area contributed by atoms with Crippen molar-refractivity contribution in [1.82, 2.24) is 4.90 Å². The van der Waals surface area contributed by atoms with E-state index in [-0.39, 0.29) is 5.78 Å². The van der Waals surface area contributed by atoms with Crippen molar-refractivity contribution in [2.24, 2.45) is 0 Å². The third-order valence-electron chi connectivity index (χ3n) is 5.12. The fourth-order valence-electron chi connectivity index (χ4n) is 3.50. The van der Waals surface area contributed by atoms with Gasteiger partial charge in [-0.2, -0.15) is 0 Å². The molecule has 5 nitrogen and oxygen atoms in total. The van der Waals surface area contributed by atoms with E-state index in [1.807, 2.05) is 30.3 Å². The molecule has 2 heterocycles. The first-order valence-corrected chi connectivity index (χ1v) is 8.84. The SMILES string of the molecule is COc1ccc(/C=C2\Oc3c(ccc4c3CN(C3CC3)CO4)C2=O)cc1. The second kappa shape index (κ2) is 5.88. The van der Waals surface area contributed by atoms with Crippen LogP contribution in [0.2, 0.25) is 0 Å². The normalized spacial score (nSPS) is 20.3. The molecule has 0 aromatic heterocycles. The zero-order valence-corrected chi connectivity index (χ0v) is 14.5. The van der Waals surface area contributed by atoms with Gasteiger partial charge in [-0.15, -0.1) is 0 Å². The van der Waals surface area contributed by atoms with Gasteiger partial charge in [0.1, 0.15) is 24.0 Å². The van der Waals surface area contributed by atoms with Crippen LogP contribution in [0.15, 0.2) is 42.2 Å². The summed E-state index contributed by atoms with van der Waals surface area (Å²) >= 11 is 0. The Labute approximate surface area is 151 Å². The number of carbonyl (C=O) groups is 1. The number of rotatable bonds is 3. The van der Waals surface area contributed by atoms with Crippen molar-refractivity contribution < 1.29 is 19.0 Å². The fourth-order valence-corrected chi connectivity index (χ4v) is 3.50. The Kier molecular flexibility index (Phi) is 3.50. The predicted octanol–water partition coefficient (Wildman–Crippen LogP) is 3.63. The lowest BCUT2D eigenvalue weighted by molar-refractivity contribution is 0.0868. The van der Waals surface area contributed by atoms with Crippen molar-refractivity contribution in [3.8, 4) is 17.2 Å². The minimum atomic E-state index is -0.0813. The molecule has 5 rings (SSSR count). The Bertz CT molecular complexity index is 912. The van der Waals surface area contributed by atoms with Gasteiger partial charge >= 0.3 is 0 Å². The second-order valence-corrected chi connectivity index (χ2v) is 6.88. The molecule has 1 saturated carbocycles. The van der Waals surface area contributed by atoms with Gasteiger partial charge in [0.25, 0.3) is 0 Å². The molecule has 0 atom stereocenters. The molecule has 0 spiro atoms. The average Bonchev–Trinajstić information content (AvgIpc) is 3.48. The van der Waals surface area contributed by atoms with Gasteiger partial charge in [0.2, 0.25) is 5.78 Å². The maximum absolute atomic E-state index is 12.8. The molecule has 132 valence electrons. The van der Waals surface area contributed by atoms with Crippen molar-refractivity contribution >= 4 is 11.9 Å². The average molecular weight is 349 g/mol. The number of fused-ring (bicyclic) bond motifs is 3. The number of carbonyl (C=O) groups excluding carboxylic acids is 1. The second-order valence-electron chi connectivity index (χ2n) is 6.88. The first kappa shape index (κ1) is 15.5. The Morgan fingerprint density at radius 2 is 1.96 bits per heavy atom. The number of hydrogen-bond acceptors (Lipinski definition) is 5. The summed E-state index contributed by atoms with van der Waals surface area (Å²) in [7, 11) is 1.63. The molecule has 0 radical (unpaired) electrons. The van der Waals surface area contributed by atoms with Gasteiger partial charge in [-0.05, 0) is 48.7 Å². The summed E-state index contributed by atoms with van der Waals surface area (Å²) in [4.78, 5) is 15.1. The maximum atomic E-state index is 12.8. The van der Waals surface area contributed by atoms with E-state index in [1.165, 1.54) is 12.8 Å². The largest absolute Gasteiger partial charge is 0.497 e. The Morgan fingerprint density at radius 3 is 2.69 bits per heavy atom. The van der Waals surface area contributed by atoms with E-state index in [0.29, 0.717) is 29.8 Å². The highest BCUT2D eigenvalue weighted by atomic mass is 16.5. The Balaban J connectivity index is 1.47. The Hall–Kier alpha value is -2.79. The van der Waals surface area contributed by atoms with Crippen LogP contribution in [-0.2, 0) is 6.54 Å². The molecule has 0 bridgehead atoms. The molecular weight excluding hydrogens is 330 g/mol. The molecule has 0 saturated heterocycles. The van der Waals surface area contributed by atoms with E-state index in [1.54, 1.807) is 19.3 Å². The molecular formula is C21H19NO4. The van der Waals surface area contributed by atoms with Crippen LogP contribution < -0.4 is 14.2 Å².